The van der Waals surface area contributed by atoms with Crippen LogP contribution < -0.4 is 0 Å². The van der Waals surface area contributed by atoms with Crippen LogP contribution in [0.2, 0.25) is 0 Å². The molecular weight excluding hydrogens is 428 g/mol. The largest absolute Gasteiger partial charge is 0.396 e. The lowest BCUT2D eigenvalue weighted by Crippen LogP contribution is -2.52. The minimum atomic E-state index is -3.89. The normalized spacial score (nSPS) is 24.6. The van der Waals surface area contributed by atoms with E-state index < -0.39 is 64.0 Å². The molecule has 0 unspecified atom stereocenters. The number of ether oxygens (including phenoxy) is 3. The number of aliphatic hydroxyl groups is 1. The summed E-state index contributed by atoms with van der Waals surface area (Å²) in [6, 6.07) is 9.11. The second-order valence-electron chi connectivity index (χ2n) is 6.78. The van der Waals surface area contributed by atoms with Crippen LogP contribution in [-0.2, 0) is 49.4 Å². The zero-order valence-corrected chi connectivity index (χ0v) is 18.0. The van der Waals surface area contributed by atoms with E-state index in [9.17, 15) is 21.9 Å². The van der Waals surface area contributed by atoms with Gasteiger partial charge in [-0.15, -0.1) is 0 Å². The molecule has 0 aliphatic carbocycles. The molecule has 0 bridgehead atoms. The van der Waals surface area contributed by atoms with E-state index in [1.54, 1.807) is 0 Å². The van der Waals surface area contributed by atoms with Crippen molar-refractivity contribution in [3.05, 3.63) is 35.9 Å². The first-order chi connectivity index (χ1) is 13.5. The summed E-state index contributed by atoms with van der Waals surface area (Å²) in [4.78, 5) is 0. The minimum absolute atomic E-state index is 0.0985. The van der Waals surface area contributed by atoms with Crippen molar-refractivity contribution in [2.75, 3.05) is 39.4 Å². The SMILES string of the molecule is CO[C@H]1OC(COS(C)(=O)=O)(COS(C)(=O)=O)[C@@H](OCc2ccccc2)[C@H]1CO. The monoisotopic (exact) mass is 454 g/mol. The molecule has 0 saturated carbocycles. The van der Waals surface area contributed by atoms with Gasteiger partial charge in [0.2, 0.25) is 0 Å². The van der Waals surface area contributed by atoms with Gasteiger partial charge in [0.05, 0.1) is 31.6 Å². The third-order valence-electron chi connectivity index (χ3n) is 4.36. The van der Waals surface area contributed by atoms with E-state index in [-0.39, 0.29) is 6.61 Å². The maximum atomic E-state index is 11.6. The van der Waals surface area contributed by atoms with E-state index in [1.165, 1.54) is 7.11 Å². The van der Waals surface area contributed by atoms with Gasteiger partial charge in [-0.1, -0.05) is 30.3 Å². The maximum Gasteiger partial charge on any atom is 0.264 e. The van der Waals surface area contributed by atoms with Crippen LogP contribution in [0.15, 0.2) is 30.3 Å². The highest BCUT2D eigenvalue weighted by Crippen LogP contribution is 2.39. The molecule has 0 radical (unpaired) electrons. The topological polar surface area (TPSA) is 135 Å². The number of rotatable bonds is 11. The summed E-state index contributed by atoms with van der Waals surface area (Å²) < 4.78 is 73.1. The Balaban J connectivity index is 2.36. The molecule has 1 aromatic rings. The van der Waals surface area contributed by atoms with Gasteiger partial charge >= 0.3 is 0 Å². The first-order valence-electron chi connectivity index (χ1n) is 8.65. The molecule has 2 rings (SSSR count). The van der Waals surface area contributed by atoms with Gasteiger partial charge in [-0.3, -0.25) is 8.37 Å². The molecule has 166 valence electrons. The lowest BCUT2D eigenvalue weighted by Gasteiger charge is -2.33. The highest BCUT2D eigenvalue weighted by Gasteiger charge is 2.57. The van der Waals surface area contributed by atoms with Gasteiger partial charge in [-0.2, -0.15) is 16.8 Å². The molecule has 10 nitrogen and oxygen atoms in total. The van der Waals surface area contributed by atoms with Gasteiger partial charge in [-0.25, -0.2) is 0 Å². The van der Waals surface area contributed by atoms with E-state index in [1.807, 2.05) is 30.3 Å². The van der Waals surface area contributed by atoms with E-state index >= 15 is 0 Å². The fourth-order valence-corrected chi connectivity index (χ4v) is 3.87. The van der Waals surface area contributed by atoms with E-state index in [2.05, 4.69) is 0 Å². The summed E-state index contributed by atoms with van der Waals surface area (Å²) >= 11 is 0. The number of hydrogen-bond donors (Lipinski definition) is 1. The molecule has 1 aromatic carbocycles. The average Bonchev–Trinajstić information content (AvgIpc) is 2.96. The Hall–Kier alpha value is -1.12. The lowest BCUT2D eigenvalue weighted by atomic mass is 9.91. The van der Waals surface area contributed by atoms with Crippen molar-refractivity contribution in [2.45, 2.75) is 24.6 Å². The molecular formula is C17H26O10S2. The van der Waals surface area contributed by atoms with Crippen LogP contribution in [0.1, 0.15) is 5.56 Å². The average molecular weight is 455 g/mol. The molecule has 1 heterocycles. The molecule has 12 heteroatoms. The molecule has 1 fully saturated rings. The van der Waals surface area contributed by atoms with Gasteiger partial charge in [0.25, 0.3) is 20.2 Å². The van der Waals surface area contributed by atoms with E-state index in [4.69, 9.17) is 22.6 Å². The highest BCUT2D eigenvalue weighted by atomic mass is 32.2. The predicted molar refractivity (Wildman–Crippen MR) is 102 cm³/mol. The van der Waals surface area contributed by atoms with Crippen LogP contribution in [0, 0.1) is 5.92 Å². The molecule has 1 aliphatic rings. The van der Waals surface area contributed by atoms with Crippen LogP contribution in [0.4, 0.5) is 0 Å². The first-order valence-corrected chi connectivity index (χ1v) is 12.3. The van der Waals surface area contributed by atoms with Gasteiger partial charge in [-0.05, 0) is 5.56 Å². The van der Waals surface area contributed by atoms with Crippen molar-refractivity contribution in [2.24, 2.45) is 5.92 Å². The van der Waals surface area contributed by atoms with Crippen molar-refractivity contribution in [1.82, 2.24) is 0 Å². The summed E-state index contributed by atoms with van der Waals surface area (Å²) in [5, 5.41) is 9.87. The summed E-state index contributed by atoms with van der Waals surface area (Å²) in [6.07, 6.45) is -0.276. The Morgan fingerprint density at radius 2 is 1.59 bits per heavy atom. The quantitative estimate of drug-likeness (QED) is 0.451. The highest BCUT2D eigenvalue weighted by molar-refractivity contribution is 7.86. The summed E-state index contributed by atoms with van der Waals surface area (Å²) in [7, 11) is -6.43. The third kappa shape index (κ3) is 6.96. The van der Waals surface area contributed by atoms with Gasteiger partial charge in [0, 0.05) is 7.11 Å². The Morgan fingerprint density at radius 1 is 1.03 bits per heavy atom. The van der Waals surface area contributed by atoms with Crippen molar-refractivity contribution < 1.29 is 44.5 Å². The molecule has 1 saturated heterocycles. The second kappa shape index (κ2) is 9.79. The van der Waals surface area contributed by atoms with Crippen molar-refractivity contribution in [1.29, 1.82) is 0 Å². The summed E-state index contributed by atoms with van der Waals surface area (Å²) in [5.41, 5.74) is -0.846. The molecule has 3 atom stereocenters. The molecule has 1 N–H and O–H groups in total. The Bertz CT molecular complexity index is 817. The smallest absolute Gasteiger partial charge is 0.264 e. The Kier molecular flexibility index (Phi) is 8.15. The van der Waals surface area contributed by atoms with Crippen LogP contribution in [-0.4, -0.2) is 79.4 Å². The van der Waals surface area contributed by atoms with E-state index in [0.717, 1.165) is 18.1 Å². The predicted octanol–water partition coefficient (Wildman–Crippen LogP) is -0.126. The van der Waals surface area contributed by atoms with Gasteiger partial charge in [0.15, 0.2) is 6.29 Å². The Labute approximate surface area is 170 Å². The molecule has 0 amide bonds. The van der Waals surface area contributed by atoms with Gasteiger partial charge < -0.3 is 19.3 Å². The maximum absolute atomic E-state index is 11.6. The second-order valence-corrected chi connectivity index (χ2v) is 10.1. The number of hydrogen-bond acceptors (Lipinski definition) is 10. The van der Waals surface area contributed by atoms with Crippen LogP contribution in [0.3, 0.4) is 0 Å². The lowest BCUT2D eigenvalue weighted by molar-refractivity contribution is -0.194. The third-order valence-corrected chi connectivity index (χ3v) is 5.45. The molecule has 0 aromatic heterocycles. The standard InChI is InChI=1S/C17H26O10S2/c1-23-16-14(9-18)15(24-10-13-7-5-4-6-8-13)17(27-16,11-25-28(2,19)20)12-26-29(3,21)22/h4-8,14-16,18H,9-12H2,1-3H3/t14-,15+,16+/m1/s1. The summed E-state index contributed by atoms with van der Waals surface area (Å²) in [6.45, 7) is -1.49. The Morgan fingerprint density at radius 3 is 2.03 bits per heavy atom. The number of benzene rings is 1. The van der Waals surface area contributed by atoms with Crippen LogP contribution in [0.25, 0.3) is 0 Å². The van der Waals surface area contributed by atoms with E-state index in [0.29, 0.717) is 0 Å². The minimum Gasteiger partial charge on any atom is -0.396 e. The van der Waals surface area contributed by atoms with Crippen molar-refractivity contribution >= 4 is 20.2 Å². The zero-order valence-electron chi connectivity index (χ0n) is 16.4. The van der Waals surface area contributed by atoms with Gasteiger partial charge in [0.1, 0.15) is 24.9 Å². The van der Waals surface area contributed by atoms with Crippen molar-refractivity contribution in [3.63, 3.8) is 0 Å². The summed E-state index contributed by atoms with van der Waals surface area (Å²) in [5.74, 6) is -0.741. The molecule has 29 heavy (non-hydrogen) atoms. The van der Waals surface area contributed by atoms with Crippen LogP contribution >= 0.6 is 0 Å². The first kappa shape index (κ1) is 24.2. The molecule has 1 aliphatic heterocycles. The van der Waals surface area contributed by atoms with Crippen LogP contribution in [0.5, 0.6) is 0 Å². The van der Waals surface area contributed by atoms with Crippen molar-refractivity contribution in [3.8, 4) is 0 Å². The fourth-order valence-electron chi connectivity index (χ4n) is 3.05. The fraction of sp³-hybridized carbons (Fsp3) is 0.647. The zero-order chi connectivity index (χ0) is 21.7. The molecule has 0 spiro atoms. The number of methoxy groups -OCH3 is 1. The number of aliphatic hydroxyl groups excluding tert-OH is 1.